The monoisotopic (exact) mass is 798 g/mol. The van der Waals surface area contributed by atoms with Crippen molar-refractivity contribution in [2.75, 3.05) is 47.1 Å². The molecule has 10 heteroatoms. The normalized spacial score (nSPS) is 11.8. The highest BCUT2D eigenvalue weighted by molar-refractivity contribution is 5.70. The van der Waals surface area contributed by atoms with E-state index < -0.39 is 6.16 Å². The largest absolute Gasteiger partial charge is 0.508 e. The lowest BCUT2D eigenvalue weighted by molar-refractivity contribution is -0.149. The van der Waals surface area contributed by atoms with Crippen LogP contribution in [0.4, 0.5) is 4.79 Å². The Bertz CT molecular complexity index is 898. The predicted octanol–water partition coefficient (Wildman–Crippen LogP) is 12.1. The zero-order valence-electron chi connectivity index (χ0n) is 37.0. The number of hydrogen-bond acceptors (Lipinski definition) is 10. The Kier molecular flexibility index (Phi) is 39.1. The molecule has 0 spiro atoms. The Morgan fingerprint density at radius 2 is 0.821 bits per heavy atom. The van der Waals surface area contributed by atoms with Crippen LogP contribution in [-0.2, 0) is 38.1 Å². The average Bonchev–Trinajstić information content (AvgIpc) is 3.17. The van der Waals surface area contributed by atoms with Crippen LogP contribution in [0.3, 0.4) is 0 Å². The Morgan fingerprint density at radius 3 is 1.27 bits per heavy atom. The second-order valence-electron chi connectivity index (χ2n) is 16.1. The van der Waals surface area contributed by atoms with E-state index in [2.05, 4.69) is 20.8 Å². The maximum Gasteiger partial charge on any atom is 0.508 e. The fourth-order valence-electron chi connectivity index (χ4n) is 6.56. The number of rotatable bonds is 41. The Morgan fingerprint density at radius 1 is 0.429 bits per heavy atom. The summed E-state index contributed by atoms with van der Waals surface area (Å²) in [6.07, 6.45) is 28.7. The number of unbranched alkanes of at least 4 members (excludes halogenated alkanes) is 20. The summed E-state index contributed by atoms with van der Waals surface area (Å²) in [7, 11) is 3.84. The lowest BCUT2D eigenvalue weighted by Gasteiger charge is -2.18. The summed E-state index contributed by atoms with van der Waals surface area (Å²) in [5.41, 5.74) is 0. The van der Waals surface area contributed by atoms with Crippen LogP contribution in [0.5, 0.6) is 0 Å². The van der Waals surface area contributed by atoms with Crippen LogP contribution < -0.4 is 0 Å². The molecule has 0 heterocycles. The van der Waals surface area contributed by atoms with Gasteiger partial charge in [-0.1, -0.05) is 149 Å². The highest BCUT2D eigenvalue weighted by atomic mass is 16.7. The number of nitrogens with zero attached hydrogens (tertiary/aromatic N) is 1. The van der Waals surface area contributed by atoms with Crippen molar-refractivity contribution in [3.8, 4) is 0 Å². The molecule has 0 N–H and O–H groups in total. The molecule has 1 atom stereocenters. The minimum atomic E-state index is -0.663. The molecular formula is C46H87NO9. The molecule has 0 aromatic rings. The van der Waals surface area contributed by atoms with Crippen molar-refractivity contribution in [3.63, 3.8) is 0 Å². The van der Waals surface area contributed by atoms with Gasteiger partial charge < -0.3 is 28.6 Å². The van der Waals surface area contributed by atoms with Gasteiger partial charge in [0.15, 0.2) is 0 Å². The maximum absolute atomic E-state index is 12.5. The van der Waals surface area contributed by atoms with Gasteiger partial charge in [0.25, 0.3) is 0 Å². The minimum absolute atomic E-state index is 0.0335. The van der Waals surface area contributed by atoms with Gasteiger partial charge in [0, 0.05) is 38.1 Å². The number of likely N-dealkylation sites (N-methyl/N-ethyl adjacent to an activating group) is 1. The molecule has 0 fully saturated rings. The highest BCUT2D eigenvalue weighted by Gasteiger charge is 2.18. The maximum atomic E-state index is 12.5. The summed E-state index contributed by atoms with van der Waals surface area (Å²) in [6, 6.07) is 0. The molecular weight excluding hydrogens is 711 g/mol. The molecule has 1 unspecified atom stereocenters. The van der Waals surface area contributed by atoms with Crippen LogP contribution >= 0.6 is 0 Å². The van der Waals surface area contributed by atoms with Crippen LogP contribution in [0.1, 0.15) is 213 Å². The van der Waals surface area contributed by atoms with Crippen molar-refractivity contribution in [1.82, 2.24) is 4.90 Å². The van der Waals surface area contributed by atoms with Gasteiger partial charge in [-0.25, -0.2) is 4.79 Å². The molecule has 0 aliphatic carbocycles. The average molecular weight is 798 g/mol. The number of carbonyl (C=O) groups excluding carboxylic acids is 4. The Labute approximate surface area is 343 Å². The molecule has 0 aromatic carbocycles. The minimum Gasteiger partial charge on any atom is -0.466 e. The van der Waals surface area contributed by atoms with E-state index in [4.69, 9.17) is 23.7 Å². The smallest absolute Gasteiger partial charge is 0.466 e. The van der Waals surface area contributed by atoms with Crippen LogP contribution in [0.25, 0.3) is 0 Å². The van der Waals surface area contributed by atoms with Crippen molar-refractivity contribution in [2.45, 2.75) is 219 Å². The third-order valence-electron chi connectivity index (χ3n) is 10.3. The zero-order valence-corrected chi connectivity index (χ0v) is 37.0. The molecule has 0 amide bonds. The zero-order chi connectivity index (χ0) is 41.3. The van der Waals surface area contributed by atoms with Gasteiger partial charge in [0.2, 0.25) is 0 Å². The van der Waals surface area contributed by atoms with Crippen molar-refractivity contribution >= 4 is 24.1 Å². The first-order chi connectivity index (χ1) is 27.2. The van der Waals surface area contributed by atoms with Gasteiger partial charge in [-0.2, -0.15) is 0 Å². The molecule has 10 nitrogen and oxygen atoms in total. The summed E-state index contributed by atoms with van der Waals surface area (Å²) in [4.78, 5) is 51.5. The van der Waals surface area contributed by atoms with Gasteiger partial charge in [0.1, 0.15) is 12.7 Å². The van der Waals surface area contributed by atoms with E-state index in [1.165, 1.54) is 77.0 Å². The number of carbonyl (C=O) groups is 4. The van der Waals surface area contributed by atoms with E-state index in [1.54, 1.807) is 0 Å². The number of ether oxygens (including phenoxy) is 5. The molecule has 56 heavy (non-hydrogen) atoms. The summed E-state index contributed by atoms with van der Waals surface area (Å²) < 4.78 is 27.6. The fraction of sp³-hybridized carbons (Fsp3) is 0.913. The van der Waals surface area contributed by atoms with Crippen molar-refractivity contribution < 1.29 is 42.9 Å². The fourth-order valence-corrected chi connectivity index (χ4v) is 6.56. The van der Waals surface area contributed by atoms with E-state index >= 15 is 0 Å². The molecule has 330 valence electrons. The van der Waals surface area contributed by atoms with Gasteiger partial charge in [-0.3, -0.25) is 14.4 Å². The third-order valence-corrected chi connectivity index (χ3v) is 10.3. The van der Waals surface area contributed by atoms with Crippen molar-refractivity contribution in [3.05, 3.63) is 0 Å². The molecule has 0 aliphatic heterocycles. The van der Waals surface area contributed by atoms with Gasteiger partial charge in [0.05, 0.1) is 19.8 Å². The van der Waals surface area contributed by atoms with Crippen molar-refractivity contribution in [1.29, 1.82) is 0 Å². The molecule has 0 aliphatic rings. The standard InChI is InChI=1S/C46H87NO9/c1-6-9-12-15-16-17-18-19-22-26-31-42(56-46(51)53-38-36-47(4)5)35-37-52-43(48)32-29-24-23-25-30-41(39-54-44(49)33-27-20-13-10-7-2)40-55-45(50)34-28-21-14-11-8-3/h41-42H,6-40H2,1-5H3. The molecule has 0 saturated heterocycles. The lowest BCUT2D eigenvalue weighted by atomic mass is 10.0. The van der Waals surface area contributed by atoms with Gasteiger partial charge >= 0.3 is 24.1 Å². The van der Waals surface area contributed by atoms with Crippen LogP contribution in [-0.4, -0.2) is 82.1 Å². The van der Waals surface area contributed by atoms with E-state index in [-0.39, 0.29) is 56.4 Å². The Hall–Kier alpha value is -2.36. The molecule has 0 bridgehead atoms. The van der Waals surface area contributed by atoms with E-state index in [1.807, 2.05) is 19.0 Å². The molecule has 0 aromatic heterocycles. The predicted molar refractivity (Wildman–Crippen MR) is 227 cm³/mol. The molecule has 0 rings (SSSR count). The first kappa shape index (κ1) is 53.6. The SMILES string of the molecule is CCCCCCCCCCCCC(CCOC(=O)CCCCCCC(COC(=O)CCCCCCC)COC(=O)CCCCCCC)OC(=O)OCCN(C)C. The first-order valence-electron chi connectivity index (χ1n) is 23.2. The van der Waals surface area contributed by atoms with E-state index in [9.17, 15) is 19.2 Å². The van der Waals surface area contributed by atoms with Crippen LogP contribution in [0.2, 0.25) is 0 Å². The summed E-state index contributed by atoms with van der Waals surface area (Å²) in [5.74, 6) is -0.626. The highest BCUT2D eigenvalue weighted by Crippen LogP contribution is 2.18. The molecule has 0 radical (unpaired) electrons. The summed E-state index contributed by atoms with van der Waals surface area (Å²) in [6.45, 7) is 8.23. The Balaban J connectivity index is 4.57. The quantitative estimate of drug-likeness (QED) is 0.0336. The van der Waals surface area contributed by atoms with Crippen molar-refractivity contribution in [2.24, 2.45) is 5.92 Å². The first-order valence-corrected chi connectivity index (χ1v) is 23.2. The van der Waals surface area contributed by atoms with E-state index in [0.717, 1.165) is 89.9 Å². The van der Waals surface area contributed by atoms with Gasteiger partial charge in [-0.05, 0) is 52.6 Å². The third kappa shape index (κ3) is 38.5. The number of esters is 3. The molecule has 0 saturated carbocycles. The topological polar surface area (TPSA) is 118 Å². The number of hydrogen-bond donors (Lipinski definition) is 0. The second-order valence-corrected chi connectivity index (χ2v) is 16.1. The van der Waals surface area contributed by atoms with Crippen LogP contribution in [0.15, 0.2) is 0 Å². The summed E-state index contributed by atoms with van der Waals surface area (Å²) >= 11 is 0. The van der Waals surface area contributed by atoms with E-state index in [0.29, 0.717) is 32.2 Å². The van der Waals surface area contributed by atoms with Crippen LogP contribution in [0, 0.1) is 5.92 Å². The second kappa shape index (κ2) is 40.8. The summed E-state index contributed by atoms with van der Waals surface area (Å²) in [5, 5.41) is 0. The lowest BCUT2D eigenvalue weighted by Crippen LogP contribution is -2.25. The van der Waals surface area contributed by atoms with Gasteiger partial charge in [-0.15, -0.1) is 0 Å².